The van der Waals surface area contributed by atoms with Gasteiger partial charge in [0.25, 0.3) is 0 Å². The first-order chi connectivity index (χ1) is 30.2. The molecular formula is C51H95NO10. The third-order valence-electron chi connectivity index (χ3n) is 12.1. The summed E-state index contributed by atoms with van der Waals surface area (Å²) in [4.78, 5) is 13.1. The number of ether oxygens (including phenoxy) is 2. The molecular weight excluding hydrogens is 787 g/mol. The molecule has 11 nitrogen and oxygen atoms in total. The SMILES string of the molecule is CCCCCCCCCC/C=C\CCCCCCCCC(O)C(=O)NC(COC1OC(CO)C(O)C(O)C1O)C(O)C(O)CCC/C=C/CC/C=C/CCCCCCCCCC. The lowest BCUT2D eigenvalue weighted by Gasteiger charge is -2.40. The van der Waals surface area contributed by atoms with E-state index in [0.717, 1.165) is 57.8 Å². The van der Waals surface area contributed by atoms with E-state index >= 15 is 0 Å². The molecule has 0 saturated carbocycles. The number of allylic oxidation sites excluding steroid dienone is 6. The number of nitrogens with one attached hydrogen (secondary N) is 1. The Morgan fingerprint density at radius 2 is 0.968 bits per heavy atom. The molecule has 1 rings (SSSR count). The van der Waals surface area contributed by atoms with Gasteiger partial charge in [0.15, 0.2) is 6.29 Å². The molecule has 0 aromatic rings. The zero-order valence-corrected chi connectivity index (χ0v) is 39.4. The summed E-state index contributed by atoms with van der Waals surface area (Å²) >= 11 is 0. The van der Waals surface area contributed by atoms with Gasteiger partial charge >= 0.3 is 0 Å². The first-order valence-corrected chi connectivity index (χ1v) is 25.4. The molecule has 0 aliphatic carbocycles. The van der Waals surface area contributed by atoms with Crippen LogP contribution in [0.5, 0.6) is 0 Å². The van der Waals surface area contributed by atoms with Crippen LogP contribution in [0, 0.1) is 0 Å². The maximum atomic E-state index is 13.1. The van der Waals surface area contributed by atoms with E-state index in [0.29, 0.717) is 19.3 Å². The van der Waals surface area contributed by atoms with Crippen molar-refractivity contribution in [3.8, 4) is 0 Å². The van der Waals surface area contributed by atoms with Crippen molar-refractivity contribution >= 4 is 5.91 Å². The molecule has 1 aliphatic rings. The smallest absolute Gasteiger partial charge is 0.249 e. The number of unbranched alkanes of at least 4 members (excludes halogenated alkanes) is 24. The third-order valence-corrected chi connectivity index (χ3v) is 12.1. The Kier molecular flexibility index (Phi) is 38.4. The molecule has 364 valence electrons. The molecule has 8 N–H and O–H groups in total. The van der Waals surface area contributed by atoms with Gasteiger partial charge in [-0.2, -0.15) is 0 Å². The van der Waals surface area contributed by atoms with E-state index in [2.05, 4.69) is 55.6 Å². The topological polar surface area (TPSA) is 189 Å². The van der Waals surface area contributed by atoms with Crippen molar-refractivity contribution in [3.63, 3.8) is 0 Å². The van der Waals surface area contributed by atoms with E-state index in [-0.39, 0.29) is 12.8 Å². The van der Waals surface area contributed by atoms with Gasteiger partial charge in [0.05, 0.1) is 25.4 Å². The number of carbonyl (C=O) groups excluding carboxylic acids is 1. The van der Waals surface area contributed by atoms with Gasteiger partial charge in [0.2, 0.25) is 5.91 Å². The average molecular weight is 882 g/mol. The van der Waals surface area contributed by atoms with E-state index < -0.39 is 74.2 Å². The van der Waals surface area contributed by atoms with E-state index in [9.17, 15) is 40.5 Å². The van der Waals surface area contributed by atoms with Crippen molar-refractivity contribution < 1.29 is 50.0 Å². The van der Waals surface area contributed by atoms with E-state index in [1.54, 1.807) is 0 Å². The molecule has 0 radical (unpaired) electrons. The number of aliphatic hydroxyl groups is 7. The highest BCUT2D eigenvalue weighted by Gasteiger charge is 2.44. The van der Waals surface area contributed by atoms with Crippen LogP contribution in [-0.4, -0.2) is 110 Å². The van der Waals surface area contributed by atoms with Crippen molar-refractivity contribution in [1.29, 1.82) is 0 Å². The van der Waals surface area contributed by atoms with Gasteiger partial charge in [-0.3, -0.25) is 4.79 Å². The van der Waals surface area contributed by atoms with Crippen LogP contribution in [0.2, 0.25) is 0 Å². The molecule has 1 amide bonds. The standard InChI is InChI=1S/C51H95NO10/c1-3-5-7-9-11-13-15-17-19-21-23-25-27-29-31-33-35-37-39-44(55)50(60)52-42(41-61-51-49(59)48(58)47(57)45(40-53)62-51)46(56)43(54)38-36-34-32-30-28-26-24-22-20-18-16-14-12-10-8-6-4-2/h21-24,30,32,42-49,51,53-59H,3-20,25-29,31,33-41H2,1-2H3,(H,52,60)/b23-21-,24-22+,32-30+. The van der Waals surface area contributed by atoms with Crippen molar-refractivity contribution in [2.24, 2.45) is 0 Å². The van der Waals surface area contributed by atoms with Gasteiger partial charge < -0.3 is 50.5 Å². The minimum atomic E-state index is -1.67. The van der Waals surface area contributed by atoms with Gasteiger partial charge in [-0.15, -0.1) is 0 Å². The lowest BCUT2D eigenvalue weighted by molar-refractivity contribution is -0.303. The number of hydrogen-bond donors (Lipinski definition) is 8. The van der Waals surface area contributed by atoms with Crippen LogP contribution < -0.4 is 5.32 Å². The largest absolute Gasteiger partial charge is 0.394 e. The zero-order valence-electron chi connectivity index (χ0n) is 39.4. The summed E-state index contributed by atoms with van der Waals surface area (Å²) in [7, 11) is 0. The minimum absolute atomic E-state index is 0.244. The predicted octanol–water partition coefficient (Wildman–Crippen LogP) is 9.17. The fourth-order valence-corrected chi connectivity index (χ4v) is 7.92. The summed E-state index contributed by atoms with van der Waals surface area (Å²) in [6.45, 7) is 3.42. The number of rotatable bonds is 42. The Labute approximate surface area is 377 Å². The zero-order chi connectivity index (χ0) is 45.5. The van der Waals surface area contributed by atoms with E-state index in [1.165, 1.54) is 109 Å². The summed E-state index contributed by atoms with van der Waals surface area (Å²) < 4.78 is 11.1. The van der Waals surface area contributed by atoms with Gasteiger partial charge in [-0.05, 0) is 77.0 Å². The van der Waals surface area contributed by atoms with Crippen LogP contribution in [0.1, 0.15) is 213 Å². The van der Waals surface area contributed by atoms with Crippen molar-refractivity contribution in [2.75, 3.05) is 13.2 Å². The van der Waals surface area contributed by atoms with Gasteiger partial charge in [-0.25, -0.2) is 0 Å². The fourth-order valence-electron chi connectivity index (χ4n) is 7.92. The van der Waals surface area contributed by atoms with Crippen molar-refractivity contribution in [2.45, 2.75) is 268 Å². The number of amides is 1. The highest BCUT2D eigenvalue weighted by Crippen LogP contribution is 2.23. The Morgan fingerprint density at radius 1 is 0.548 bits per heavy atom. The van der Waals surface area contributed by atoms with Gasteiger partial charge in [0.1, 0.15) is 36.6 Å². The summed E-state index contributed by atoms with van der Waals surface area (Å²) in [5.74, 6) is -0.716. The second-order valence-corrected chi connectivity index (χ2v) is 17.9. The van der Waals surface area contributed by atoms with Crippen molar-refractivity contribution in [1.82, 2.24) is 5.32 Å². The Bertz CT molecular complexity index is 1100. The fraction of sp³-hybridized carbons (Fsp3) is 0.863. The molecule has 11 heteroatoms. The summed E-state index contributed by atoms with van der Waals surface area (Å²) in [6, 6.07) is -1.19. The van der Waals surface area contributed by atoms with Crippen LogP contribution in [0.4, 0.5) is 0 Å². The Hall–Kier alpha value is -1.67. The van der Waals surface area contributed by atoms with Crippen LogP contribution in [0.3, 0.4) is 0 Å². The third kappa shape index (κ3) is 29.7. The molecule has 0 bridgehead atoms. The first kappa shape index (κ1) is 58.3. The molecule has 0 aromatic carbocycles. The van der Waals surface area contributed by atoms with Crippen LogP contribution in [0.25, 0.3) is 0 Å². The quantitative estimate of drug-likeness (QED) is 0.0217. The lowest BCUT2D eigenvalue weighted by atomic mass is 9.98. The monoisotopic (exact) mass is 882 g/mol. The number of carbonyl (C=O) groups is 1. The summed E-state index contributed by atoms with van der Waals surface area (Å²) in [5, 5.41) is 75.8. The number of aliphatic hydroxyl groups excluding tert-OH is 7. The highest BCUT2D eigenvalue weighted by molar-refractivity contribution is 5.80. The molecule has 62 heavy (non-hydrogen) atoms. The molecule has 9 unspecified atom stereocenters. The number of hydrogen-bond acceptors (Lipinski definition) is 10. The lowest BCUT2D eigenvalue weighted by Crippen LogP contribution is -2.60. The van der Waals surface area contributed by atoms with E-state index in [1.807, 2.05) is 0 Å². The molecule has 1 fully saturated rings. The second kappa shape index (κ2) is 40.8. The van der Waals surface area contributed by atoms with E-state index in [4.69, 9.17) is 9.47 Å². The first-order valence-electron chi connectivity index (χ1n) is 25.4. The van der Waals surface area contributed by atoms with Crippen LogP contribution in [0.15, 0.2) is 36.5 Å². The maximum Gasteiger partial charge on any atom is 0.249 e. The van der Waals surface area contributed by atoms with Gasteiger partial charge in [-0.1, -0.05) is 172 Å². The molecule has 0 aromatic heterocycles. The summed E-state index contributed by atoms with van der Waals surface area (Å²) in [5.41, 5.74) is 0. The molecule has 1 heterocycles. The van der Waals surface area contributed by atoms with Crippen molar-refractivity contribution in [3.05, 3.63) is 36.5 Å². The van der Waals surface area contributed by atoms with Crippen LogP contribution >= 0.6 is 0 Å². The maximum absolute atomic E-state index is 13.1. The second-order valence-electron chi connectivity index (χ2n) is 17.9. The normalized spacial score (nSPS) is 21.6. The Morgan fingerprint density at radius 3 is 1.44 bits per heavy atom. The highest BCUT2D eigenvalue weighted by atomic mass is 16.7. The minimum Gasteiger partial charge on any atom is -0.394 e. The molecule has 1 saturated heterocycles. The summed E-state index contributed by atoms with van der Waals surface area (Å²) in [6.07, 6.45) is 36.2. The van der Waals surface area contributed by atoms with Gasteiger partial charge in [0, 0.05) is 0 Å². The molecule has 9 atom stereocenters. The molecule has 1 aliphatic heterocycles. The average Bonchev–Trinajstić information content (AvgIpc) is 3.27. The van der Waals surface area contributed by atoms with Crippen LogP contribution in [-0.2, 0) is 14.3 Å². The Balaban J connectivity index is 2.44. The molecule has 0 spiro atoms. The predicted molar refractivity (Wildman–Crippen MR) is 252 cm³/mol.